The molecule has 0 unspecified atom stereocenters. The summed E-state index contributed by atoms with van der Waals surface area (Å²) in [4.78, 5) is 36.5. The largest absolute Gasteiger partial charge is 0.344 e. The normalized spacial score (nSPS) is 24.2. The molecule has 3 N–H and O–H groups in total. The van der Waals surface area contributed by atoms with Gasteiger partial charge < -0.3 is 20.9 Å². The van der Waals surface area contributed by atoms with Crippen molar-refractivity contribution >= 4 is 23.5 Å². The van der Waals surface area contributed by atoms with Crippen LogP contribution in [-0.4, -0.2) is 84.3 Å². The lowest BCUT2D eigenvalue weighted by molar-refractivity contribution is -0.135. The fraction of sp³-hybridized carbons (Fsp3) is 0.724. The number of piperidine rings is 1. The maximum absolute atomic E-state index is 13.9. The number of urea groups is 1. The number of halogens is 1. The zero-order valence-corrected chi connectivity index (χ0v) is 23.9. The smallest absolute Gasteiger partial charge is 0.341 e. The second kappa shape index (κ2) is 14.0. The summed E-state index contributed by atoms with van der Waals surface area (Å²) in [6.07, 6.45) is 11.8. The molecule has 1 saturated heterocycles. The van der Waals surface area contributed by atoms with Crippen LogP contribution in [0.1, 0.15) is 76.2 Å². The van der Waals surface area contributed by atoms with Gasteiger partial charge in [-0.2, -0.15) is 0 Å². The van der Waals surface area contributed by atoms with Gasteiger partial charge in [0.1, 0.15) is 0 Å². The van der Waals surface area contributed by atoms with E-state index in [1.807, 2.05) is 29.2 Å². The Morgan fingerprint density at radius 3 is 2.21 bits per heavy atom. The molecule has 1 aromatic carbocycles. The van der Waals surface area contributed by atoms with E-state index in [1.54, 1.807) is 7.05 Å². The Labute approximate surface area is 233 Å². The molecular weight excluding hydrogens is 502 g/mol. The molecule has 4 rings (SSSR count). The van der Waals surface area contributed by atoms with Crippen LogP contribution >= 0.6 is 11.6 Å². The van der Waals surface area contributed by atoms with E-state index in [0.717, 1.165) is 69.8 Å². The molecule has 38 heavy (non-hydrogen) atoms. The van der Waals surface area contributed by atoms with Gasteiger partial charge in [0.05, 0.1) is 13.2 Å². The van der Waals surface area contributed by atoms with Gasteiger partial charge >= 0.3 is 6.03 Å². The van der Waals surface area contributed by atoms with Crippen LogP contribution in [-0.2, 0) is 16.1 Å². The molecule has 0 radical (unpaired) electrons. The average molecular weight is 548 g/mol. The highest BCUT2D eigenvalue weighted by atomic mass is 35.5. The summed E-state index contributed by atoms with van der Waals surface area (Å²) in [7, 11) is 3.22. The molecule has 0 aromatic heterocycles. The van der Waals surface area contributed by atoms with E-state index < -0.39 is 0 Å². The van der Waals surface area contributed by atoms with Crippen molar-refractivity contribution in [1.29, 1.82) is 0 Å². The molecule has 3 fully saturated rings. The van der Waals surface area contributed by atoms with Crippen molar-refractivity contribution in [1.82, 2.24) is 20.2 Å². The summed E-state index contributed by atoms with van der Waals surface area (Å²) in [5, 5.41) is 5.74. The molecule has 3 amide bonds. The third-order valence-corrected chi connectivity index (χ3v) is 9.01. The van der Waals surface area contributed by atoms with Crippen molar-refractivity contribution < 1.29 is 14.4 Å². The lowest BCUT2D eigenvalue weighted by atomic mass is 9.90. The van der Waals surface area contributed by atoms with Gasteiger partial charge in [0.2, 0.25) is 5.91 Å². The topological polar surface area (TPSA) is 91.1 Å². The van der Waals surface area contributed by atoms with Crippen molar-refractivity contribution in [3.63, 3.8) is 0 Å². The molecule has 1 aliphatic heterocycles. The minimum absolute atomic E-state index is 0.0676. The number of benzene rings is 1. The fourth-order valence-corrected chi connectivity index (χ4v) is 6.57. The highest BCUT2D eigenvalue weighted by Gasteiger charge is 2.37. The van der Waals surface area contributed by atoms with E-state index in [2.05, 4.69) is 10.2 Å². The van der Waals surface area contributed by atoms with Gasteiger partial charge in [-0.15, -0.1) is 0 Å². The first-order valence-electron chi connectivity index (χ1n) is 14.5. The van der Waals surface area contributed by atoms with Crippen LogP contribution in [0.15, 0.2) is 24.3 Å². The average Bonchev–Trinajstić information content (AvgIpc) is 2.95. The molecule has 1 atom stereocenters. The van der Waals surface area contributed by atoms with Crippen LogP contribution in [0.5, 0.6) is 0 Å². The lowest BCUT2D eigenvalue weighted by Crippen LogP contribution is -2.58. The molecule has 8 nitrogen and oxygen atoms in total. The number of nitrogens with zero attached hydrogens (tertiary/aromatic N) is 3. The van der Waals surface area contributed by atoms with Crippen molar-refractivity contribution in [2.24, 2.45) is 5.73 Å². The Hall–Kier alpha value is -1.87. The van der Waals surface area contributed by atoms with Crippen molar-refractivity contribution in [2.75, 3.05) is 27.2 Å². The van der Waals surface area contributed by atoms with Crippen LogP contribution in [0.2, 0.25) is 5.02 Å². The number of hydroxylamine groups is 2. The van der Waals surface area contributed by atoms with Crippen molar-refractivity contribution in [3.8, 4) is 0 Å². The van der Waals surface area contributed by atoms with Gasteiger partial charge in [-0.1, -0.05) is 43.0 Å². The molecule has 1 heterocycles. The number of nitrogens with one attached hydrogen (secondary N) is 1. The third kappa shape index (κ3) is 7.62. The van der Waals surface area contributed by atoms with Crippen LogP contribution < -0.4 is 11.1 Å². The number of carbonyl (C=O) groups excluding carboxylic acids is 2. The first-order valence-corrected chi connectivity index (χ1v) is 14.9. The number of amides is 3. The first-order chi connectivity index (χ1) is 18.4. The Morgan fingerprint density at radius 1 is 1.00 bits per heavy atom. The number of hydrogen-bond acceptors (Lipinski definition) is 5. The lowest BCUT2D eigenvalue weighted by Gasteiger charge is -2.45. The quantitative estimate of drug-likeness (QED) is 0.472. The molecule has 2 saturated carbocycles. The third-order valence-electron chi connectivity index (χ3n) is 8.76. The van der Waals surface area contributed by atoms with Crippen LogP contribution in [0.3, 0.4) is 0 Å². The van der Waals surface area contributed by atoms with Gasteiger partial charge in [-0.05, 0) is 75.5 Å². The Kier molecular flexibility index (Phi) is 10.7. The highest BCUT2D eigenvalue weighted by molar-refractivity contribution is 6.30. The second-order valence-electron chi connectivity index (χ2n) is 11.4. The van der Waals surface area contributed by atoms with Gasteiger partial charge in [0, 0.05) is 49.3 Å². The Balaban J connectivity index is 1.42. The zero-order valence-electron chi connectivity index (χ0n) is 23.1. The van der Waals surface area contributed by atoms with E-state index in [-0.39, 0.29) is 36.1 Å². The first kappa shape index (κ1) is 29.1. The van der Waals surface area contributed by atoms with Crippen molar-refractivity contribution in [2.45, 2.75) is 107 Å². The predicted molar refractivity (Wildman–Crippen MR) is 151 cm³/mol. The zero-order chi connectivity index (χ0) is 27.1. The van der Waals surface area contributed by atoms with Gasteiger partial charge in [-0.25, -0.2) is 9.86 Å². The van der Waals surface area contributed by atoms with Gasteiger partial charge in [0.25, 0.3) is 0 Å². The summed E-state index contributed by atoms with van der Waals surface area (Å²) in [5.74, 6) is 0.151. The highest BCUT2D eigenvalue weighted by Crippen LogP contribution is 2.29. The Morgan fingerprint density at radius 2 is 1.61 bits per heavy atom. The number of likely N-dealkylation sites (tertiary alicyclic amines) is 1. The number of hydrogen-bond donors (Lipinski definition) is 2. The van der Waals surface area contributed by atoms with E-state index in [0.29, 0.717) is 30.6 Å². The number of carbonyl (C=O) groups is 2. The summed E-state index contributed by atoms with van der Waals surface area (Å²) in [6.45, 7) is 1.32. The molecule has 212 valence electrons. The van der Waals surface area contributed by atoms with Crippen LogP contribution in [0.25, 0.3) is 0 Å². The van der Waals surface area contributed by atoms with E-state index >= 15 is 0 Å². The van der Waals surface area contributed by atoms with Crippen LogP contribution in [0, 0.1) is 0 Å². The van der Waals surface area contributed by atoms with E-state index in [4.69, 9.17) is 22.2 Å². The predicted octanol–water partition coefficient (Wildman–Crippen LogP) is 4.35. The maximum Gasteiger partial charge on any atom is 0.344 e. The molecule has 9 heteroatoms. The summed E-state index contributed by atoms with van der Waals surface area (Å²) >= 11 is 6.11. The molecule has 0 bridgehead atoms. The maximum atomic E-state index is 13.9. The number of nitrogens with two attached hydrogens (primary N) is 1. The van der Waals surface area contributed by atoms with Gasteiger partial charge in [0.15, 0.2) is 0 Å². The summed E-state index contributed by atoms with van der Waals surface area (Å²) in [6, 6.07) is 8.37. The monoisotopic (exact) mass is 547 g/mol. The Bertz CT molecular complexity index is 894. The standard InChI is InChI=1S/C29H46ClN5O3/c1-33(38-2)29(37)35(25-6-4-3-5-7-25)26-16-18-34(19-17-26)28(36)27(20-21-8-10-22(30)11-9-21)32-24-14-12-23(31)13-15-24/h8-11,23-27,32H,3-7,12-20,31H2,1-2H3/t23-,24+,27-/m1/s1. The molecule has 2 aliphatic carbocycles. The van der Waals surface area contributed by atoms with Crippen molar-refractivity contribution in [3.05, 3.63) is 34.9 Å². The van der Waals surface area contributed by atoms with E-state index in [9.17, 15) is 9.59 Å². The minimum atomic E-state index is -0.289. The molecule has 1 aromatic rings. The second-order valence-corrected chi connectivity index (χ2v) is 11.8. The molecular formula is C29H46ClN5O3. The number of rotatable bonds is 8. The van der Waals surface area contributed by atoms with Crippen LogP contribution in [0.4, 0.5) is 4.79 Å². The molecule has 3 aliphatic rings. The van der Waals surface area contributed by atoms with E-state index in [1.165, 1.54) is 18.6 Å². The fourth-order valence-electron chi connectivity index (χ4n) is 6.44. The molecule has 0 spiro atoms. The summed E-state index contributed by atoms with van der Waals surface area (Å²) < 4.78 is 0. The minimum Gasteiger partial charge on any atom is -0.341 e. The summed E-state index contributed by atoms with van der Waals surface area (Å²) in [5.41, 5.74) is 7.22. The van der Waals surface area contributed by atoms with Gasteiger partial charge in [-0.3, -0.25) is 9.63 Å². The SMILES string of the molecule is CON(C)C(=O)N(C1CCCCC1)C1CCN(C(=O)[C@@H](Cc2ccc(Cl)cc2)N[C@H]2CC[C@@H](N)CC2)CC1.